The van der Waals surface area contributed by atoms with Crippen molar-refractivity contribution in [3.63, 3.8) is 0 Å². The van der Waals surface area contributed by atoms with E-state index in [2.05, 4.69) is 4.57 Å². The molecule has 21 heavy (non-hydrogen) atoms. The lowest BCUT2D eigenvalue weighted by atomic mass is 10.1. The molecule has 1 aromatic carbocycles. The highest BCUT2D eigenvalue weighted by molar-refractivity contribution is 5.76. The highest BCUT2D eigenvalue weighted by atomic mass is 16.7. The lowest BCUT2D eigenvalue weighted by Crippen LogP contribution is -2.12. The van der Waals surface area contributed by atoms with Crippen molar-refractivity contribution in [1.82, 2.24) is 9.55 Å². The quantitative estimate of drug-likeness (QED) is 0.917. The Hall–Kier alpha value is -2.37. The molecule has 0 saturated heterocycles. The largest absolute Gasteiger partial charge is 0.493 e. The van der Waals surface area contributed by atoms with Crippen LogP contribution in [0.25, 0.3) is 11.3 Å². The molecule has 110 valence electrons. The predicted octanol–water partition coefficient (Wildman–Crippen LogP) is 2.21. The molecule has 2 aliphatic heterocycles. The van der Waals surface area contributed by atoms with Crippen LogP contribution in [0.5, 0.6) is 17.2 Å². The molecule has 0 unspecified atom stereocenters. The zero-order valence-electron chi connectivity index (χ0n) is 11.9. The van der Waals surface area contributed by atoms with Crippen molar-refractivity contribution in [1.29, 1.82) is 0 Å². The molecule has 1 aromatic heterocycles. The molecule has 0 saturated carbocycles. The summed E-state index contributed by atoms with van der Waals surface area (Å²) in [6, 6.07) is 3.81. The van der Waals surface area contributed by atoms with Gasteiger partial charge in [0, 0.05) is 18.5 Å². The highest BCUT2D eigenvalue weighted by Gasteiger charge is 2.24. The topological polar surface area (TPSA) is 71.5 Å². The predicted molar refractivity (Wildman–Crippen MR) is 77.7 cm³/mol. The molecule has 0 aliphatic carbocycles. The van der Waals surface area contributed by atoms with Gasteiger partial charge in [-0.3, -0.25) is 0 Å². The van der Waals surface area contributed by atoms with Crippen LogP contribution >= 0.6 is 0 Å². The molecule has 2 aromatic rings. The van der Waals surface area contributed by atoms with E-state index in [4.69, 9.17) is 24.9 Å². The molecule has 0 amide bonds. The van der Waals surface area contributed by atoms with Crippen molar-refractivity contribution in [2.24, 2.45) is 0 Å². The Bertz CT molecular complexity index is 709. The third kappa shape index (κ3) is 1.82. The summed E-state index contributed by atoms with van der Waals surface area (Å²) >= 11 is 0. The molecule has 0 bridgehead atoms. The molecular weight excluding hydrogens is 270 g/mol. The molecule has 0 spiro atoms. The van der Waals surface area contributed by atoms with Gasteiger partial charge in [0.05, 0.1) is 7.11 Å². The first kappa shape index (κ1) is 12.4. The summed E-state index contributed by atoms with van der Waals surface area (Å²) in [5.74, 6) is 3.74. The number of hydrogen-bond donors (Lipinski definition) is 1. The van der Waals surface area contributed by atoms with Gasteiger partial charge < -0.3 is 24.5 Å². The molecule has 3 heterocycles. The third-order valence-electron chi connectivity index (χ3n) is 4.05. The minimum Gasteiger partial charge on any atom is -0.493 e. The maximum atomic E-state index is 6.28. The van der Waals surface area contributed by atoms with Gasteiger partial charge in [-0.05, 0) is 25.0 Å². The summed E-state index contributed by atoms with van der Waals surface area (Å²) < 4.78 is 18.4. The van der Waals surface area contributed by atoms with Crippen molar-refractivity contribution in [2.45, 2.75) is 25.8 Å². The lowest BCUT2D eigenvalue weighted by molar-refractivity contribution is 0.171. The summed E-state index contributed by atoms with van der Waals surface area (Å²) in [6.07, 6.45) is 3.30. The van der Waals surface area contributed by atoms with Crippen LogP contribution in [0.1, 0.15) is 18.7 Å². The number of benzene rings is 1. The summed E-state index contributed by atoms with van der Waals surface area (Å²) in [7, 11) is 1.61. The SMILES string of the molecule is COc1cc(-c2nc3n(c2N)CCCC3)cc2c1OCO2. The monoisotopic (exact) mass is 287 g/mol. The highest BCUT2D eigenvalue weighted by Crippen LogP contribution is 2.45. The fourth-order valence-electron chi connectivity index (χ4n) is 2.99. The molecule has 2 aliphatic rings. The standard InChI is InChI=1S/C15H17N3O3/c1-19-10-6-9(7-11-14(10)21-8-20-11)13-15(16)18-5-3-2-4-12(18)17-13/h6-7H,2-5,8,16H2,1H3. The Morgan fingerprint density at radius 2 is 2.19 bits per heavy atom. The molecule has 6 nitrogen and oxygen atoms in total. The van der Waals surface area contributed by atoms with E-state index >= 15 is 0 Å². The fourth-order valence-corrected chi connectivity index (χ4v) is 2.99. The van der Waals surface area contributed by atoms with Gasteiger partial charge in [0.25, 0.3) is 0 Å². The Morgan fingerprint density at radius 1 is 1.29 bits per heavy atom. The van der Waals surface area contributed by atoms with Crippen LogP contribution in [0.2, 0.25) is 0 Å². The minimum absolute atomic E-state index is 0.213. The van der Waals surface area contributed by atoms with Gasteiger partial charge in [0.15, 0.2) is 11.5 Å². The third-order valence-corrected chi connectivity index (χ3v) is 4.05. The van der Waals surface area contributed by atoms with Crippen molar-refractivity contribution in [3.8, 4) is 28.5 Å². The van der Waals surface area contributed by atoms with Crippen LogP contribution in [0.3, 0.4) is 0 Å². The second-order valence-electron chi connectivity index (χ2n) is 5.28. The summed E-state index contributed by atoms with van der Waals surface area (Å²) in [5.41, 5.74) is 7.97. The second-order valence-corrected chi connectivity index (χ2v) is 5.28. The number of methoxy groups -OCH3 is 1. The van der Waals surface area contributed by atoms with E-state index in [0.29, 0.717) is 23.1 Å². The zero-order valence-corrected chi connectivity index (χ0v) is 11.9. The molecule has 0 fully saturated rings. The van der Waals surface area contributed by atoms with Crippen LogP contribution in [0, 0.1) is 0 Å². The molecule has 0 atom stereocenters. The van der Waals surface area contributed by atoms with Crippen molar-refractivity contribution in [2.75, 3.05) is 19.6 Å². The number of fused-ring (bicyclic) bond motifs is 2. The van der Waals surface area contributed by atoms with Crippen LogP contribution in [-0.2, 0) is 13.0 Å². The van der Waals surface area contributed by atoms with E-state index in [9.17, 15) is 0 Å². The number of nitrogens with two attached hydrogens (primary N) is 1. The van der Waals surface area contributed by atoms with Gasteiger partial charge in [-0.25, -0.2) is 4.98 Å². The van der Waals surface area contributed by atoms with E-state index in [0.717, 1.165) is 36.5 Å². The smallest absolute Gasteiger partial charge is 0.231 e. The minimum atomic E-state index is 0.213. The van der Waals surface area contributed by atoms with E-state index in [1.54, 1.807) is 7.11 Å². The molecule has 6 heteroatoms. The van der Waals surface area contributed by atoms with E-state index in [1.807, 2.05) is 12.1 Å². The van der Waals surface area contributed by atoms with Gasteiger partial charge in [0.2, 0.25) is 12.5 Å². The number of nitrogens with zero attached hydrogens (tertiary/aromatic N) is 2. The van der Waals surface area contributed by atoms with Crippen LogP contribution in [-0.4, -0.2) is 23.5 Å². The van der Waals surface area contributed by atoms with Gasteiger partial charge in [-0.15, -0.1) is 0 Å². The Kier molecular flexibility index (Phi) is 2.70. The fraction of sp³-hybridized carbons (Fsp3) is 0.400. The van der Waals surface area contributed by atoms with Crippen molar-refractivity contribution >= 4 is 5.82 Å². The van der Waals surface area contributed by atoms with Gasteiger partial charge in [-0.2, -0.15) is 0 Å². The number of hydrogen-bond acceptors (Lipinski definition) is 5. The van der Waals surface area contributed by atoms with Crippen LogP contribution < -0.4 is 19.9 Å². The average molecular weight is 287 g/mol. The van der Waals surface area contributed by atoms with Crippen molar-refractivity contribution < 1.29 is 14.2 Å². The number of nitrogen functional groups attached to an aromatic ring is 1. The Labute approximate surface area is 122 Å². The summed E-state index contributed by atoms with van der Waals surface area (Å²) in [4.78, 5) is 4.71. The van der Waals surface area contributed by atoms with Gasteiger partial charge in [0.1, 0.15) is 17.3 Å². The van der Waals surface area contributed by atoms with E-state index in [1.165, 1.54) is 6.42 Å². The molecule has 2 N–H and O–H groups in total. The second kappa shape index (κ2) is 4.58. The first-order valence-corrected chi connectivity index (χ1v) is 7.11. The number of ether oxygens (including phenoxy) is 3. The lowest BCUT2D eigenvalue weighted by Gasteiger charge is -2.14. The van der Waals surface area contributed by atoms with Gasteiger partial charge in [-0.1, -0.05) is 0 Å². The molecular formula is C15H17N3O3. The van der Waals surface area contributed by atoms with E-state index < -0.39 is 0 Å². The van der Waals surface area contributed by atoms with Gasteiger partial charge >= 0.3 is 0 Å². The number of imidazole rings is 1. The Morgan fingerprint density at radius 3 is 3.00 bits per heavy atom. The molecule has 4 rings (SSSR count). The number of anilines is 1. The molecule has 0 radical (unpaired) electrons. The van der Waals surface area contributed by atoms with Crippen LogP contribution in [0.4, 0.5) is 5.82 Å². The first-order valence-electron chi connectivity index (χ1n) is 7.11. The maximum Gasteiger partial charge on any atom is 0.231 e. The average Bonchev–Trinajstić information content (AvgIpc) is 3.11. The number of aromatic nitrogens is 2. The van der Waals surface area contributed by atoms with Crippen LogP contribution in [0.15, 0.2) is 12.1 Å². The number of rotatable bonds is 2. The summed E-state index contributed by atoms with van der Waals surface area (Å²) in [5, 5.41) is 0. The van der Waals surface area contributed by atoms with E-state index in [-0.39, 0.29) is 6.79 Å². The van der Waals surface area contributed by atoms with Crippen molar-refractivity contribution in [3.05, 3.63) is 18.0 Å². The first-order chi connectivity index (χ1) is 10.3. The normalized spacial score (nSPS) is 15.9. The maximum absolute atomic E-state index is 6.28. The zero-order chi connectivity index (χ0) is 14.4. The number of aryl methyl sites for hydroxylation is 1. The summed E-state index contributed by atoms with van der Waals surface area (Å²) in [6.45, 7) is 1.15. The Balaban J connectivity index is 1.85.